The summed E-state index contributed by atoms with van der Waals surface area (Å²) in [7, 11) is 0. The van der Waals surface area contributed by atoms with Gasteiger partial charge in [-0.05, 0) is 30.4 Å². The van der Waals surface area contributed by atoms with Gasteiger partial charge >= 0.3 is 0 Å². The van der Waals surface area contributed by atoms with Crippen LogP contribution in [0.5, 0.6) is 0 Å². The van der Waals surface area contributed by atoms with Gasteiger partial charge in [-0.1, -0.05) is 24.3 Å². The predicted octanol–water partition coefficient (Wildman–Crippen LogP) is 4.15. The zero-order valence-corrected chi connectivity index (χ0v) is 14.1. The van der Waals surface area contributed by atoms with Crippen molar-refractivity contribution in [3.05, 3.63) is 68.0 Å². The number of hydrogen-bond acceptors (Lipinski definition) is 3. The van der Waals surface area contributed by atoms with Crippen molar-refractivity contribution < 1.29 is 0 Å². The van der Waals surface area contributed by atoms with Gasteiger partial charge in [-0.2, -0.15) is 0 Å². The molecule has 0 saturated carbocycles. The van der Waals surface area contributed by atoms with Gasteiger partial charge in [-0.25, -0.2) is 0 Å². The molecule has 5 heteroatoms. The molecule has 24 heavy (non-hydrogen) atoms. The van der Waals surface area contributed by atoms with E-state index in [1.807, 2.05) is 41.3 Å². The number of nitrogens with one attached hydrogen (secondary N) is 1. The van der Waals surface area contributed by atoms with E-state index in [9.17, 15) is 0 Å². The van der Waals surface area contributed by atoms with Gasteiger partial charge in [0.1, 0.15) is 0 Å². The van der Waals surface area contributed by atoms with E-state index >= 15 is 0 Å². The van der Waals surface area contributed by atoms with Crippen LogP contribution in [0.25, 0.3) is 21.8 Å². The summed E-state index contributed by atoms with van der Waals surface area (Å²) in [6.45, 7) is 8.85. The van der Waals surface area contributed by atoms with Gasteiger partial charge in [0, 0.05) is 36.3 Å². The SMILES string of the molecule is C=CCN(CC=C)C(=S)Nc1cc2ncccc2c2cccnc12. The Balaban J connectivity index is 2.06. The molecular weight excluding hydrogens is 316 g/mol. The van der Waals surface area contributed by atoms with E-state index < -0.39 is 0 Å². The smallest absolute Gasteiger partial charge is 0.174 e. The van der Waals surface area contributed by atoms with Crippen LogP contribution in [0.4, 0.5) is 5.69 Å². The van der Waals surface area contributed by atoms with Gasteiger partial charge in [-0.3, -0.25) is 9.97 Å². The fourth-order valence-electron chi connectivity index (χ4n) is 2.64. The van der Waals surface area contributed by atoms with Gasteiger partial charge < -0.3 is 10.2 Å². The summed E-state index contributed by atoms with van der Waals surface area (Å²) >= 11 is 5.55. The lowest BCUT2D eigenvalue weighted by molar-refractivity contribution is 0.522. The molecule has 0 bridgehead atoms. The van der Waals surface area contributed by atoms with Crippen LogP contribution in [0.2, 0.25) is 0 Å². The topological polar surface area (TPSA) is 41.0 Å². The van der Waals surface area contributed by atoms with Crippen molar-refractivity contribution in [2.45, 2.75) is 0 Å². The standard InChI is InChI=1S/C19H18N4S/c1-3-11-23(12-4-2)19(24)22-17-13-16-14(7-5-9-20-16)15-8-6-10-21-18(15)17/h3-10,13H,1-2,11-12H2,(H,22,24). The van der Waals surface area contributed by atoms with Crippen LogP contribution in [-0.2, 0) is 0 Å². The van der Waals surface area contributed by atoms with E-state index in [-0.39, 0.29) is 0 Å². The van der Waals surface area contributed by atoms with Crippen molar-refractivity contribution in [2.24, 2.45) is 0 Å². The molecule has 120 valence electrons. The molecule has 0 aliphatic rings. The minimum atomic E-state index is 0.608. The monoisotopic (exact) mass is 334 g/mol. The quantitative estimate of drug-likeness (QED) is 0.431. The third-order valence-electron chi connectivity index (χ3n) is 3.70. The summed E-state index contributed by atoms with van der Waals surface area (Å²) in [5.74, 6) is 0. The molecular formula is C19H18N4S. The number of rotatable bonds is 5. The Labute approximate surface area is 146 Å². The van der Waals surface area contributed by atoms with Gasteiger partial charge in [-0.15, -0.1) is 13.2 Å². The molecule has 3 aromatic rings. The number of anilines is 1. The first-order chi connectivity index (χ1) is 11.7. The van der Waals surface area contributed by atoms with Gasteiger partial charge in [0.25, 0.3) is 0 Å². The highest BCUT2D eigenvalue weighted by Gasteiger charge is 2.12. The number of benzene rings is 1. The molecule has 2 aromatic heterocycles. The number of hydrogen-bond donors (Lipinski definition) is 1. The zero-order valence-electron chi connectivity index (χ0n) is 13.3. The highest BCUT2D eigenvalue weighted by atomic mass is 32.1. The minimum Gasteiger partial charge on any atom is -0.342 e. The Morgan fingerprint density at radius 3 is 2.46 bits per heavy atom. The number of aromatic nitrogens is 2. The summed E-state index contributed by atoms with van der Waals surface area (Å²) in [6.07, 6.45) is 7.20. The summed E-state index contributed by atoms with van der Waals surface area (Å²) < 4.78 is 0. The first-order valence-electron chi connectivity index (χ1n) is 7.64. The van der Waals surface area contributed by atoms with E-state index in [0.29, 0.717) is 18.2 Å². The molecule has 4 nitrogen and oxygen atoms in total. The fourth-order valence-corrected chi connectivity index (χ4v) is 2.90. The lowest BCUT2D eigenvalue weighted by Gasteiger charge is -2.23. The van der Waals surface area contributed by atoms with E-state index in [0.717, 1.165) is 27.5 Å². The second kappa shape index (κ2) is 7.19. The van der Waals surface area contributed by atoms with Crippen molar-refractivity contribution in [1.82, 2.24) is 14.9 Å². The Bertz CT molecular complexity index is 910. The van der Waals surface area contributed by atoms with Crippen LogP contribution in [0.1, 0.15) is 0 Å². The molecule has 1 N–H and O–H groups in total. The molecule has 1 aromatic carbocycles. The van der Waals surface area contributed by atoms with Crippen molar-refractivity contribution in [2.75, 3.05) is 18.4 Å². The molecule has 0 atom stereocenters. The second-order valence-electron chi connectivity index (χ2n) is 5.31. The van der Waals surface area contributed by atoms with Crippen LogP contribution in [0, 0.1) is 0 Å². The highest BCUT2D eigenvalue weighted by Crippen LogP contribution is 2.29. The molecule has 0 aliphatic heterocycles. The fraction of sp³-hybridized carbons (Fsp3) is 0.105. The Morgan fingerprint density at radius 2 is 1.75 bits per heavy atom. The second-order valence-corrected chi connectivity index (χ2v) is 5.69. The van der Waals surface area contributed by atoms with Crippen LogP contribution in [-0.4, -0.2) is 33.1 Å². The zero-order chi connectivity index (χ0) is 16.9. The van der Waals surface area contributed by atoms with Gasteiger partial charge in [0.2, 0.25) is 0 Å². The van der Waals surface area contributed by atoms with Crippen molar-refractivity contribution in [1.29, 1.82) is 0 Å². The summed E-state index contributed by atoms with van der Waals surface area (Å²) in [5.41, 5.74) is 2.62. The van der Waals surface area contributed by atoms with Crippen LogP contribution < -0.4 is 5.32 Å². The molecule has 0 spiro atoms. The summed E-state index contributed by atoms with van der Waals surface area (Å²) in [5, 5.41) is 6.04. The molecule has 0 saturated heterocycles. The van der Waals surface area contributed by atoms with Gasteiger partial charge in [0.05, 0.1) is 16.7 Å². The maximum atomic E-state index is 5.55. The largest absolute Gasteiger partial charge is 0.342 e. The molecule has 0 radical (unpaired) electrons. The molecule has 0 aliphatic carbocycles. The van der Waals surface area contributed by atoms with Crippen molar-refractivity contribution in [3.8, 4) is 0 Å². The first-order valence-corrected chi connectivity index (χ1v) is 8.05. The van der Waals surface area contributed by atoms with E-state index in [4.69, 9.17) is 12.2 Å². The molecule has 3 rings (SSSR count). The Hall–Kier alpha value is -2.79. The first kappa shape index (κ1) is 16.1. The number of fused-ring (bicyclic) bond motifs is 3. The maximum absolute atomic E-state index is 5.55. The number of pyridine rings is 2. The van der Waals surface area contributed by atoms with E-state index in [2.05, 4.69) is 34.5 Å². The van der Waals surface area contributed by atoms with Crippen molar-refractivity contribution >= 4 is 44.8 Å². The predicted molar refractivity (Wildman–Crippen MR) is 105 cm³/mol. The average Bonchev–Trinajstić information content (AvgIpc) is 2.61. The van der Waals surface area contributed by atoms with Crippen LogP contribution in [0.3, 0.4) is 0 Å². The number of nitrogens with zero attached hydrogens (tertiary/aromatic N) is 3. The van der Waals surface area contributed by atoms with Gasteiger partial charge in [0.15, 0.2) is 5.11 Å². The molecule has 2 heterocycles. The number of thiocarbonyl (C=S) groups is 1. The molecule has 0 fully saturated rings. The molecule has 0 amide bonds. The maximum Gasteiger partial charge on any atom is 0.174 e. The lowest BCUT2D eigenvalue weighted by atomic mass is 10.1. The van der Waals surface area contributed by atoms with Crippen LogP contribution in [0.15, 0.2) is 68.0 Å². The van der Waals surface area contributed by atoms with E-state index in [1.54, 1.807) is 12.4 Å². The van der Waals surface area contributed by atoms with Crippen molar-refractivity contribution in [3.63, 3.8) is 0 Å². The van der Waals surface area contributed by atoms with Crippen LogP contribution >= 0.6 is 12.2 Å². The average molecular weight is 334 g/mol. The minimum absolute atomic E-state index is 0.608. The lowest BCUT2D eigenvalue weighted by Crippen LogP contribution is -2.35. The molecule has 0 unspecified atom stereocenters. The Kier molecular flexibility index (Phi) is 4.82. The van der Waals surface area contributed by atoms with E-state index in [1.165, 1.54) is 0 Å². The normalized spacial score (nSPS) is 10.5. The summed E-state index contributed by atoms with van der Waals surface area (Å²) in [4.78, 5) is 11.0. The highest BCUT2D eigenvalue weighted by molar-refractivity contribution is 7.80. The third-order valence-corrected chi connectivity index (χ3v) is 4.06. The third kappa shape index (κ3) is 3.12. The Morgan fingerprint density at radius 1 is 1.08 bits per heavy atom. The summed E-state index contributed by atoms with van der Waals surface area (Å²) in [6, 6.07) is 9.94.